The number of aromatic nitrogens is 3. The highest BCUT2D eigenvalue weighted by Crippen LogP contribution is 2.31. The summed E-state index contributed by atoms with van der Waals surface area (Å²) in [5, 5.41) is 1.58. The van der Waals surface area contributed by atoms with Gasteiger partial charge in [-0.15, -0.1) is 0 Å². The van der Waals surface area contributed by atoms with Gasteiger partial charge in [0.1, 0.15) is 5.76 Å². The molecule has 14 heavy (non-hydrogen) atoms. The first-order chi connectivity index (χ1) is 6.66. The van der Waals surface area contributed by atoms with E-state index < -0.39 is 0 Å². The molecule has 0 N–H and O–H groups in total. The van der Waals surface area contributed by atoms with Gasteiger partial charge in [0.05, 0.1) is 17.4 Å². The molecule has 0 aliphatic rings. The van der Waals surface area contributed by atoms with Crippen molar-refractivity contribution in [3.63, 3.8) is 0 Å². The second-order valence-electron chi connectivity index (χ2n) is 2.58. The number of hydrogen-bond acceptors (Lipinski definition) is 6. The first-order valence-corrected chi connectivity index (χ1v) is 5.69. The molecule has 4 nitrogen and oxygen atoms in total. The van der Waals surface area contributed by atoms with E-state index in [0.717, 1.165) is 23.2 Å². The van der Waals surface area contributed by atoms with Crippen molar-refractivity contribution >= 4 is 35.1 Å². The van der Waals surface area contributed by atoms with Gasteiger partial charge in [-0.25, -0.2) is 4.98 Å². The normalized spacial score (nSPS) is 10.8. The monoisotopic (exact) mass is 247 g/mol. The molecule has 0 spiro atoms. The van der Waals surface area contributed by atoms with Crippen LogP contribution in [-0.4, -0.2) is 13.7 Å². The van der Waals surface area contributed by atoms with E-state index in [1.807, 2.05) is 13.8 Å². The Bertz CT molecular complexity index is 434. The smallest absolute Gasteiger partial charge is 0.262 e. The standard InChI is InChI=1S/C7H6ClN3OS2/c1-3-4(2)12-7(9-3)13-6-5(8)10-14-11-6/h1-2H3. The quantitative estimate of drug-likeness (QED) is 0.817. The van der Waals surface area contributed by atoms with E-state index in [9.17, 15) is 0 Å². The molecule has 0 amide bonds. The predicted molar refractivity (Wildman–Crippen MR) is 55.0 cm³/mol. The van der Waals surface area contributed by atoms with Crippen LogP contribution in [0.3, 0.4) is 0 Å². The Balaban J connectivity index is 2.23. The highest BCUT2D eigenvalue weighted by atomic mass is 35.5. The Kier molecular flexibility index (Phi) is 2.76. The highest BCUT2D eigenvalue weighted by molar-refractivity contribution is 7.99. The Hall–Kier alpha value is -0.590. The van der Waals surface area contributed by atoms with Crippen LogP contribution in [0.2, 0.25) is 5.15 Å². The van der Waals surface area contributed by atoms with E-state index >= 15 is 0 Å². The number of aryl methyl sites for hydroxylation is 2. The summed E-state index contributed by atoms with van der Waals surface area (Å²) in [7, 11) is 0. The third kappa shape index (κ3) is 1.92. The molecule has 0 bridgehead atoms. The summed E-state index contributed by atoms with van der Waals surface area (Å²) < 4.78 is 13.2. The summed E-state index contributed by atoms with van der Waals surface area (Å²) in [6.45, 7) is 3.76. The maximum absolute atomic E-state index is 5.78. The topological polar surface area (TPSA) is 51.8 Å². The lowest BCUT2D eigenvalue weighted by molar-refractivity contribution is 0.431. The van der Waals surface area contributed by atoms with E-state index in [0.29, 0.717) is 15.4 Å². The molecule has 7 heteroatoms. The van der Waals surface area contributed by atoms with Crippen molar-refractivity contribution in [2.45, 2.75) is 24.1 Å². The minimum atomic E-state index is 0.397. The minimum absolute atomic E-state index is 0.397. The van der Waals surface area contributed by atoms with Crippen LogP contribution in [0.15, 0.2) is 14.7 Å². The molecule has 2 heterocycles. The van der Waals surface area contributed by atoms with Gasteiger partial charge in [-0.3, -0.25) is 0 Å². The molecule has 0 saturated heterocycles. The summed E-state index contributed by atoms with van der Waals surface area (Å²) in [5.74, 6) is 0.812. The lowest BCUT2D eigenvalue weighted by atomic mass is 10.4. The van der Waals surface area contributed by atoms with E-state index in [-0.39, 0.29) is 0 Å². The van der Waals surface area contributed by atoms with Gasteiger partial charge in [0.25, 0.3) is 5.22 Å². The summed E-state index contributed by atoms with van der Waals surface area (Å²) in [6.07, 6.45) is 0. The van der Waals surface area contributed by atoms with Crippen LogP contribution in [0.4, 0.5) is 0 Å². The molecule has 74 valence electrons. The molecule has 0 radical (unpaired) electrons. The number of halogens is 1. The van der Waals surface area contributed by atoms with Crippen LogP contribution in [0.5, 0.6) is 0 Å². The number of oxazole rings is 1. The fourth-order valence-electron chi connectivity index (χ4n) is 0.800. The van der Waals surface area contributed by atoms with Crippen LogP contribution in [0, 0.1) is 13.8 Å². The maximum atomic E-state index is 5.78. The molecule has 0 aliphatic heterocycles. The average molecular weight is 248 g/mol. The van der Waals surface area contributed by atoms with Gasteiger partial charge >= 0.3 is 0 Å². The third-order valence-electron chi connectivity index (χ3n) is 1.61. The molecule has 0 aliphatic carbocycles. The molecule has 2 aromatic rings. The Morgan fingerprint density at radius 2 is 2.14 bits per heavy atom. The fraction of sp³-hybridized carbons (Fsp3) is 0.286. The number of hydrogen-bond donors (Lipinski definition) is 0. The van der Waals surface area contributed by atoms with Gasteiger partial charge in [0.15, 0.2) is 10.2 Å². The Morgan fingerprint density at radius 1 is 1.36 bits per heavy atom. The maximum Gasteiger partial charge on any atom is 0.262 e. The summed E-state index contributed by atoms with van der Waals surface area (Å²) in [5.41, 5.74) is 0.881. The van der Waals surface area contributed by atoms with Crippen molar-refractivity contribution in [1.82, 2.24) is 13.7 Å². The summed E-state index contributed by atoms with van der Waals surface area (Å²) in [6, 6.07) is 0. The second-order valence-corrected chi connectivity index (χ2v) is 4.41. The van der Waals surface area contributed by atoms with Crippen molar-refractivity contribution in [1.29, 1.82) is 0 Å². The zero-order valence-electron chi connectivity index (χ0n) is 7.44. The van der Waals surface area contributed by atoms with Crippen molar-refractivity contribution in [3.8, 4) is 0 Å². The Morgan fingerprint density at radius 3 is 2.64 bits per heavy atom. The number of nitrogens with zero attached hydrogens (tertiary/aromatic N) is 3. The third-order valence-corrected chi connectivity index (χ3v) is 3.56. The molecule has 2 aromatic heterocycles. The zero-order chi connectivity index (χ0) is 10.1. The van der Waals surface area contributed by atoms with Gasteiger partial charge in [-0.2, -0.15) is 8.75 Å². The second kappa shape index (κ2) is 3.88. The number of rotatable bonds is 2. The van der Waals surface area contributed by atoms with Gasteiger partial charge in [-0.05, 0) is 25.6 Å². The molecule has 2 rings (SSSR count). The van der Waals surface area contributed by atoms with Crippen LogP contribution in [0.1, 0.15) is 11.5 Å². The van der Waals surface area contributed by atoms with E-state index in [1.54, 1.807) is 0 Å². The molecule has 0 unspecified atom stereocenters. The van der Waals surface area contributed by atoms with Crippen LogP contribution in [0.25, 0.3) is 0 Å². The van der Waals surface area contributed by atoms with Crippen LogP contribution in [-0.2, 0) is 0 Å². The van der Waals surface area contributed by atoms with Crippen LogP contribution < -0.4 is 0 Å². The highest BCUT2D eigenvalue weighted by Gasteiger charge is 2.12. The van der Waals surface area contributed by atoms with Crippen molar-refractivity contribution in [2.24, 2.45) is 0 Å². The Labute approximate surface area is 94.0 Å². The fourth-order valence-corrected chi connectivity index (χ4v) is 2.41. The lowest BCUT2D eigenvalue weighted by Crippen LogP contribution is -1.74. The first-order valence-electron chi connectivity index (χ1n) is 3.77. The van der Waals surface area contributed by atoms with E-state index in [4.69, 9.17) is 16.0 Å². The molecular formula is C7H6ClN3OS2. The largest absolute Gasteiger partial charge is 0.436 e. The summed E-state index contributed by atoms with van der Waals surface area (Å²) >= 11 is 8.14. The van der Waals surface area contributed by atoms with Crippen LogP contribution >= 0.6 is 35.1 Å². The predicted octanol–water partition coefficient (Wildman–Crippen LogP) is 2.95. The van der Waals surface area contributed by atoms with Gasteiger partial charge in [-0.1, -0.05) is 11.6 Å². The zero-order valence-corrected chi connectivity index (χ0v) is 9.83. The van der Waals surface area contributed by atoms with Gasteiger partial charge < -0.3 is 4.42 Å². The van der Waals surface area contributed by atoms with Gasteiger partial charge in [0, 0.05) is 0 Å². The molecule has 0 saturated carbocycles. The lowest BCUT2D eigenvalue weighted by Gasteiger charge is -1.88. The summed E-state index contributed by atoms with van der Waals surface area (Å²) in [4.78, 5) is 4.20. The van der Waals surface area contributed by atoms with E-state index in [2.05, 4.69) is 13.7 Å². The molecule has 0 aromatic carbocycles. The SMILES string of the molecule is Cc1nc(Sc2nsnc2Cl)oc1C. The minimum Gasteiger partial charge on any atom is -0.436 e. The molecule has 0 fully saturated rings. The molecular weight excluding hydrogens is 242 g/mol. The first kappa shape index (κ1) is 9.95. The molecule has 0 atom stereocenters. The van der Waals surface area contributed by atoms with Crippen molar-refractivity contribution in [2.75, 3.05) is 0 Å². The van der Waals surface area contributed by atoms with Crippen molar-refractivity contribution < 1.29 is 4.42 Å². The van der Waals surface area contributed by atoms with Gasteiger partial charge in [0.2, 0.25) is 0 Å². The van der Waals surface area contributed by atoms with Crippen molar-refractivity contribution in [3.05, 3.63) is 16.6 Å². The van der Waals surface area contributed by atoms with E-state index in [1.165, 1.54) is 11.8 Å². The average Bonchev–Trinajstić information content (AvgIpc) is 2.63.